The van der Waals surface area contributed by atoms with Crippen molar-refractivity contribution in [2.75, 3.05) is 12.4 Å². The fraction of sp³-hybridized carbons (Fsp3) is 0.182. The molecule has 1 N–H and O–H groups in total. The summed E-state index contributed by atoms with van der Waals surface area (Å²) in [6, 6.07) is 18.6. The van der Waals surface area contributed by atoms with E-state index in [9.17, 15) is 9.59 Å². The lowest BCUT2D eigenvalue weighted by molar-refractivity contribution is -0.152. The van der Waals surface area contributed by atoms with Gasteiger partial charge in [0, 0.05) is 5.69 Å². The molecule has 0 unspecified atom stereocenters. The fourth-order valence-corrected chi connectivity index (χ4v) is 3.05. The molecule has 3 aromatic rings. The van der Waals surface area contributed by atoms with Gasteiger partial charge in [-0.05, 0) is 41.5 Å². The normalized spacial score (nSPS) is 11.7. The molecule has 0 fully saturated rings. The number of benzene rings is 3. The van der Waals surface area contributed by atoms with Crippen LogP contribution in [0.3, 0.4) is 0 Å². The number of hydrogen-bond donors (Lipinski definition) is 1. The summed E-state index contributed by atoms with van der Waals surface area (Å²) in [4.78, 5) is 24.5. The van der Waals surface area contributed by atoms with Crippen LogP contribution < -0.4 is 10.1 Å². The summed E-state index contributed by atoms with van der Waals surface area (Å²) >= 11 is 6.05. The number of halogens is 1. The van der Waals surface area contributed by atoms with Gasteiger partial charge in [-0.25, -0.2) is 0 Å². The highest BCUT2D eigenvalue weighted by Gasteiger charge is 2.18. The van der Waals surface area contributed by atoms with Crippen molar-refractivity contribution >= 4 is 39.9 Å². The summed E-state index contributed by atoms with van der Waals surface area (Å²) in [6.07, 6.45) is -0.842. The van der Waals surface area contributed by atoms with Crippen LogP contribution in [0.25, 0.3) is 10.8 Å². The maximum absolute atomic E-state index is 12.3. The third-order valence-corrected chi connectivity index (χ3v) is 4.55. The third-order valence-electron chi connectivity index (χ3n) is 4.26. The Morgan fingerprint density at radius 1 is 1.04 bits per heavy atom. The van der Waals surface area contributed by atoms with Crippen molar-refractivity contribution in [2.24, 2.45) is 0 Å². The zero-order valence-electron chi connectivity index (χ0n) is 15.6. The maximum Gasteiger partial charge on any atom is 0.311 e. The summed E-state index contributed by atoms with van der Waals surface area (Å²) < 4.78 is 10.3. The number of fused-ring (bicyclic) bond motifs is 1. The predicted molar refractivity (Wildman–Crippen MR) is 110 cm³/mol. The lowest BCUT2D eigenvalue weighted by Crippen LogP contribution is -2.30. The van der Waals surface area contributed by atoms with Crippen LogP contribution in [-0.2, 0) is 20.7 Å². The largest absolute Gasteiger partial charge is 0.495 e. The molecule has 0 heterocycles. The second kappa shape index (κ2) is 8.76. The Kier molecular flexibility index (Phi) is 6.16. The predicted octanol–water partition coefficient (Wildman–Crippen LogP) is 4.61. The van der Waals surface area contributed by atoms with E-state index >= 15 is 0 Å². The number of carbonyl (C=O) groups is 2. The van der Waals surface area contributed by atoms with Crippen LogP contribution >= 0.6 is 11.6 Å². The smallest absolute Gasteiger partial charge is 0.311 e. The molecule has 0 bridgehead atoms. The van der Waals surface area contributed by atoms with Crippen LogP contribution in [-0.4, -0.2) is 25.1 Å². The van der Waals surface area contributed by atoms with Crippen molar-refractivity contribution in [2.45, 2.75) is 19.4 Å². The first kappa shape index (κ1) is 19.7. The van der Waals surface area contributed by atoms with Gasteiger partial charge in [0.05, 0.1) is 18.6 Å². The second-order valence-corrected chi connectivity index (χ2v) is 6.74. The molecule has 6 heteroatoms. The highest BCUT2D eigenvalue weighted by Crippen LogP contribution is 2.27. The molecule has 0 aliphatic heterocycles. The fourth-order valence-electron chi connectivity index (χ4n) is 2.80. The average molecular weight is 398 g/mol. The summed E-state index contributed by atoms with van der Waals surface area (Å²) in [5.74, 6) is -0.395. The molecule has 1 atom stereocenters. The number of esters is 1. The van der Waals surface area contributed by atoms with E-state index in [1.165, 1.54) is 14.0 Å². The first-order valence-electron chi connectivity index (χ1n) is 8.78. The first-order valence-corrected chi connectivity index (χ1v) is 9.15. The van der Waals surface area contributed by atoms with E-state index in [4.69, 9.17) is 21.1 Å². The molecule has 5 nitrogen and oxygen atoms in total. The minimum atomic E-state index is -0.936. The van der Waals surface area contributed by atoms with E-state index < -0.39 is 18.0 Å². The molecule has 0 aliphatic carbocycles. The van der Waals surface area contributed by atoms with Gasteiger partial charge in [0.15, 0.2) is 6.10 Å². The van der Waals surface area contributed by atoms with E-state index in [0.29, 0.717) is 16.5 Å². The Morgan fingerprint density at radius 3 is 2.50 bits per heavy atom. The number of nitrogens with one attached hydrogen (secondary N) is 1. The lowest BCUT2D eigenvalue weighted by Gasteiger charge is -2.14. The van der Waals surface area contributed by atoms with E-state index in [0.717, 1.165) is 16.3 Å². The zero-order valence-corrected chi connectivity index (χ0v) is 16.3. The van der Waals surface area contributed by atoms with E-state index in [2.05, 4.69) is 5.32 Å². The highest BCUT2D eigenvalue weighted by atomic mass is 35.5. The quantitative estimate of drug-likeness (QED) is 0.616. The number of ether oxygens (including phenoxy) is 2. The van der Waals surface area contributed by atoms with Crippen LogP contribution in [0.5, 0.6) is 5.75 Å². The summed E-state index contributed by atoms with van der Waals surface area (Å²) in [5.41, 5.74) is 1.33. The number of rotatable bonds is 6. The monoisotopic (exact) mass is 397 g/mol. The molecule has 28 heavy (non-hydrogen) atoms. The van der Waals surface area contributed by atoms with Gasteiger partial charge in [-0.2, -0.15) is 0 Å². The molecule has 1 amide bonds. The SMILES string of the molecule is COc1ccc(NC(=O)[C@@H](C)OC(=O)Cc2ccc3ccccc3c2)cc1Cl. The molecule has 0 radical (unpaired) electrons. The Balaban J connectivity index is 1.58. The van der Waals surface area contributed by atoms with E-state index in [-0.39, 0.29) is 6.42 Å². The van der Waals surface area contributed by atoms with Crippen molar-refractivity contribution in [1.29, 1.82) is 0 Å². The number of hydrogen-bond acceptors (Lipinski definition) is 4. The maximum atomic E-state index is 12.3. The van der Waals surface area contributed by atoms with Gasteiger partial charge in [0.25, 0.3) is 5.91 Å². The second-order valence-electron chi connectivity index (χ2n) is 6.33. The van der Waals surface area contributed by atoms with Crippen LogP contribution in [0.4, 0.5) is 5.69 Å². The zero-order chi connectivity index (χ0) is 20.1. The van der Waals surface area contributed by atoms with Gasteiger partial charge in [-0.1, -0.05) is 54.1 Å². The van der Waals surface area contributed by atoms with E-state index in [1.54, 1.807) is 18.2 Å². The number of amides is 1. The molecule has 0 saturated heterocycles. The highest BCUT2D eigenvalue weighted by molar-refractivity contribution is 6.32. The third kappa shape index (κ3) is 4.81. The van der Waals surface area contributed by atoms with Gasteiger partial charge in [-0.15, -0.1) is 0 Å². The number of anilines is 1. The standard InChI is InChI=1S/C22H20ClNO4/c1-14(22(26)24-18-9-10-20(27-2)19(23)13-18)28-21(25)12-15-7-8-16-5-3-4-6-17(16)11-15/h3-11,13-14H,12H2,1-2H3,(H,24,26)/t14-/m1/s1. The molecular weight excluding hydrogens is 378 g/mol. The molecule has 0 spiro atoms. The molecular formula is C22H20ClNO4. The number of carbonyl (C=O) groups excluding carboxylic acids is 2. The van der Waals surface area contributed by atoms with Crippen molar-refractivity contribution in [3.8, 4) is 5.75 Å². The molecule has 3 aromatic carbocycles. The Labute approximate surface area is 168 Å². The topological polar surface area (TPSA) is 64.6 Å². The van der Waals surface area contributed by atoms with Gasteiger partial charge in [0.1, 0.15) is 5.75 Å². The molecule has 0 aromatic heterocycles. The Bertz CT molecular complexity index is 1020. The summed E-state index contributed by atoms with van der Waals surface area (Å²) in [5, 5.41) is 5.20. The number of methoxy groups -OCH3 is 1. The summed E-state index contributed by atoms with van der Waals surface area (Å²) in [7, 11) is 1.51. The van der Waals surface area contributed by atoms with Crippen LogP contribution in [0, 0.1) is 0 Å². The average Bonchev–Trinajstić information content (AvgIpc) is 2.68. The first-order chi connectivity index (χ1) is 13.5. The minimum absolute atomic E-state index is 0.0941. The van der Waals surface area contributed by atoms with E-state index in [1.807, 2.05) is 42.5 Å². The van der Waals surface area contributed by atoms with Crippen LogP contribution in [0.15, 0.2) is 60.7 Å². The Hall–Kier alpha value is -3.05. The van der Waals surface area contributed by atoms with Crippen LogP contribution in [0.1, 0.15) is 12.5 Å². The lowest BCUT2D eigenvalue weighted by atomic mass is 10.1. The summed E-state index contributed by atoms with van der Waals surface area (Å²) in [6.45, 7) is 1.53. The van der Waals surface area contributed by atoms with Gasteiger partial charge in [0.2, 0.25) is 0 Å². The molecule has 0 aliphatic rings. The molecule has 0 saturated carbocycles. The van der Waals surface area contributed by atoms with Gasteiger partial charge < -0.3 is 14.8 Å². The van der Waals surface area contributed by atoms with Gasteiger partial charge in [-0.3, -0.25) is 9.59 Å². The van der Waals surface area contributed by atoms with Crippen LogP contribution in [0.2, 0.25) is 5.02 Å². The molecule has 3 rings (SSSR count). The molecule has 144 valence electrons. The van der Waals surface area contributed by atoms with Crippen molar-refractivity contribution in [3.63, 3.8) is 0 Å². The van der Waals surface area contributed by atoms with Gasteiger partial charge >= 0.3 is 5.97 Å². The van der Waals surface area contributed by atoms with Crippen molar-refractivity contribution in [1.82, 2.24) is 0 Å². The van der Waals surface area contributed by atoms with Crippen molar-refractivity contribution < 1.29 is 19.1 Å². The van der Waals surface area contributed by atoms with Crippen molar-refractivity contribution in [3.05, 3.63) is 71.2 Å². The minimum Gasteiger partial charge on any atom is -0.495 e. The Morgan fingerprint density at radius 2 is 1.79 bits per heavy atom.